The maximum absolute atomic E-state index is 12.6. The lowest BCUT2D eigenvalue weighted by atomic mass is 10.1. The normalized spacial score (nSPS) is 12.0. The minimum atomic E-state index is -0.339. The minimum absolute atomic E-state index is 0.0785. The second-order valence-corrected chi connectivity index (χ2v) is 8.20. The van der Waals surface area contributed by atoms with Gasteiger partial charge in [0, 0.05) is 10.7 Å². The van der Waals surface area contributed by atoms with Crippen LogP contribution in [0.5, 0.6) is 0 Å². The summed E-state index contributed by atoms with van der Waals surface area (Å²) >= 11 is 7.59. The Labute approximate surface area is 168 Å². The molecule has 3 rings (SSSR count). The van der Waals surface area contributed by atoms with Gasteiger partial charge in [0.1, 0.15) is 6.33 Å². The van der Waals surface area contributed by atoms with Crippen molar-refractivity contribution in [1.82, 2.24) is 14.8 Å². The summed E-state index contributed by atoms with van der Waals surface area (Å²) in [5.41, 5.74) is 4.83. The highest BCUT2D eigenvalue weighted by Gasteiger charge is 2.19. The number of halogens is 1. The molecule has 0 bridgehead atoms. The molecular formula is C20H21ClN4OS. The van der Waals surface area contributed by atoms with Gasteiger partial charge in [-0.25, -0.2) is 0 Å². The Morgan fingerprint density at radius 2 is 1.89 bits per heavy atom. The number of thioether (sulfide) groups is 1. The first-order chi connectivity index (χ1) is 12.8. The van der Waals surface area contributed by atoms with E-state index in [-0.39, 0.29) is 11.2 Å². The van der Waals surface area contributed by atoms with Gasteiger partial charge >= 0.3 is 0 Å². The van der Waals surface area contributed by atoms with Crippen LogP contribution in [-0.4, -0.2) is 25.9 Å². The van der Waals surface area contributed by atoms with E-state index in [9.17, 15) is 4.79 Å². The zero-order valence-electron chi connectivity index (χ0n) is 15.7. The van der Waals surface area contributed by atoms with E-state index in [0.717, 1.165) is 28.1 Å². The van der Waals surface area contributed by atoms with E-state index in [4.69, 9.17) is 11.6 Å². The highest BCUT2D eigenvalue weighted by atomic mass is 35.5. The summed E-state index contributed by atoms with van der Waals surface area (Å²) in [4.78, 5) is 12.6. The molecular weight excluding hydrogens is 380 g/mol. The summed E-state index contributed by atoms with van der Waals surface area (Å²) < 4.78 is 1.83. The maximum atomic E-state index is 12.6. The third-order valence-electron chi connectivity index (χ3n) is 4.25. The number of amides is 1. The summed E-state index contributed by atoms with van der Waals surface area (Å²) in [6.45, 7) is 7.78. The van der Waals surface area contributed by atoms with Crippen LogP contribution in [0.25, 0.3) is 5.69 Å². The van der Waals surface area contributed by atoms with E-state index in [1.54, 1.807) is 6.33 Å². The van der Waals surface area contributed by atoms with E-state index in [0.29, 0.717) is 10.2 Å². The minimum Gasteiger partial charge on any atom is -0.325 e. The first-order valence-corrected chi connectivity index (χ1v) is 9.82. The van der Waals surface area contributed by atoms with Crippen LogP contribution >= 0.6 is 23.4 Å². The average molecular weight is 401 g/mol. The summed E-state index contributed by atoms with van der Waals surface area (Å²) in [5, 5.41) is 12.1. The van der Waals surface area contributed by atoms with E-state index >= 15 is 0 Å². The topological polar surface area (TPSA) is 59.8 Å². The molecule has 0 saturated heterocycles. The number of anilines is 1. The van der Waals surface area contributed by atoms with Crippen molar-refractivity contribution in [3.8, 4) is 5.69 Å². The number of hydrogen-bond donors (Lipinski definition) is 1. The third-order valence-corrected chi connectivity index (χ3v) is 5.72. The number of rotatable bonds is 5. The fourth-order valence-electron chi connectivity index (χ4n) is 2.53. The van der Waals surface area contributed by atoms with Gasteiger partial charge in [-0.05, 0) is 62.6 Å². The van der Waals surface area contributed by atoms with E-state index in [1.807, 2.05) is 68.7 Å². The van der Waals surface area contributed by atoms with Crippen molar-refractivity contribution < 1.29 is 4.79 Å². The fraction of sp³-hybridized carbons (Fsp3) is 0.250. The smallest absolute Gasteiger partial charge is 0.237 e. The Kier molecular flexibility index (Phi) is 5.87. The van der Waals surface area contributed by atoms with Crippen LogP contribution in [0, 0.1) is 20.8 Å². The van der Waals surface area contributed by atoms with Gasteiger partial charge in [0.2, 0.25) is 5.91 Å². The summed E-state index contributed by atoms with van der Waals surface area (Å²) in [6.07, 6.45) is 1.62. The highest BCUT2D eigenvalue weighted by Crippen LogP contribution is 2.27. The van der Waals surface area contributed by atoms with Crippen molar-refractivity contribution in [3.05, 3.63) is 64.4 Å². The van der Waals surface area contributed by atoms with E-state index in [1.165, 1.54) is 11.8 Å². The summed E-state index contributed by atoms with van der Waals surface area (Å²) in [6, 6.07) is 11.8. The van der Waals surface area contributed by atoms with Crippen LogP contribution in [-0.2, 0) is 4.79 Å². The number of aromatic nitrogens is 3. The molecule has 0 saturated carbocycles. The lowest BCUT2D eigenvalue weighted by Gasteiger charge is -2.14. The van der Waals surface area contributed by atoms with Crippen molar-refractivity contribution in [2.24, 2.45) is 0 Å². The van der Waals surface area contributed by atoms with Crippen molar-refractivity contribution in [2.75, 3.05) is 5.32 Å². The van der Waals surface area contributed by atoms with Gasteiger partial charge in [-0.15, -0.1) is 10.2 Å². The number of benzene rings is 2. The second-order valence-electron chi connectivity index (χ2n) is 6.48. The van der Waals surface area contributed by atoms with Gasteiger partial charge < -0.3 is 5.32 Å². The van der Waals surface area contributed by atoms with Crippen molar-refractivity contribution in [2.45, 2.75) is 38.1 Å². The monoisotopic (exact) mass is 400 g/mol. The third kappa shape index (κ3) is 4.51. The molecule has 3 aromatic rings. The highest BCUT2D eigenvalue weighted by molar-refractivity contribution is 8.00. The summed E-state index contributed by atoms with van der Waals surface area (Å²) in [7, 11) is 0. The lowest BCUT2D eigenvalue weighted by Crippen LogP contribution is -2.23. The predicted molar refractivity (Wildman–Crippen MR) is 111 cm³/mol. The molecule has 7 heteroatoms. The largest absolute Gasteiger partial charge is 0.325 e. The maximum Gasteiger partial charge on any atom is 0.237 e. The molecule has 0 aliphatic carbocycles. The lowest BCUT2D eigenvalue weighted by molar-refractivity contribution is -0.115. The molecule has 5 nitrogen and oxygen atoms in total. The molecule has 1 heterocycles. The second kappa shape index (κ2) is 8.15. The van der Waals surface area contributed by atoms with Gasteiger partial charge in [0.05, 0.1) is 10.9 Å². The van der Waals surface area contributed by atoms with Crippen LogP contribution in [0.15, 0.2) is 47.9 Å². The molecule has 0 aliphatic heterocycles. The van der Waals surface area contributed by atoms with Gasteiger partial charge in [-0.1, -0.05) is 41.6 Å². The first kappa shape index (κ1) is 19.5. The molecule has 1 amide bonds. The molecule has 0 spiro atoms. The number of carbonyl (C=O) groups is 1. The van der Waals surface area contributed by atoms with Crippen LogP contribution in [0.3, 0.4) is 0 Å². The molecule has 0 radical (unpaired) electrons. The van der Waals surface area contributed by atoms with E-state index < -0.39 is 0 Å². The zero-order chi connectivity index (χ0) is 19.6. The van der Waals surface area contributed by atoms with Crippen LogP contribution in [0.4, 0.5) is 5.69 Å². The van der Waals surface area contributed by atoms with Gasteiger partial charge in [-0.2, -0.15) is 0 Å². The summed E-state index contributed by atoms with van der Waals surface area (Å²) in [5.74, 6) is -0.0785. The molecule has 140 valence electrons. The SMILES string of the molecule is Cc1ccc(C)c(NC(=O)C(C)Sc2nncn2-c2ccc(C)c(Cl)c2)c1. The molecule has 1 aromatic heterocycles. The van der Waals surface area contributed by atoms with Gasteiger partial charge in [0.25, 0.3) is 0 Å². The number of hydrogen-bond acceptors (Lipinski definition) is 4. The van der Waals surface area contributed by atoms with Crippen LogP contribution < -0.4 is 5.32 Å². The standard InChI is InChI=1S/C20H21ClN4OS/c1-12-5-6-14(3)18(9-12)23-19(26)15(4)27-20-24-22-11-25(20)16-8-7-13(2)17(21)10-16/h5-11,15H,1-4H3,(H,23,26). The number of carbonyl (C=O) groups excluding carboxylic acids is 1. The van der Waals surface area contributed by atoms with Crippen molar-refractivity contribution >= 4 is 35.0 Å². The first-order valence-electron chi connectivity index (χ1n) is 8.56. The quantitative estimate of drug-likeness (QED) is 0.614. The predicted octanol–water partition coefficient (Wildman–Crippen LogP) is 4.97. The molecule has 1 N–H and O–H groups in total. The fourth-order valence-corrected chi connectivity index (χ4v) is 3.55. The molecule has 0 aliphatic rings. The van der Waals surface area contributed by atoms with Crippen LogP contribution in [0.2, 0.25) is 5.02 Å². The Morgan fingerprint density at radius 3 is 2.63 bits per heavy atom. The zero-order valence-corrected chi connectivity index (χ0v) is 17.2. The average Bonchev–Trinajstić information content (AvgIpc) is 3.08. The molecule has 27 heavy (non-hydrogen) atoms. The van der Waals surface area contributed by atoms with Crippen molar-refractivity contribution in [1.29, 1.82) is 0 Å². The van der Waals surface area contributed by atoms with Crippen molar-refractivity contribution in [3.63, 3.8) is 0 Å². The Balaban J connectivity index is 1.75. The molecule has 2 aromatic carbocycles. The van der Waals surface area contributed by atoms with Gasteiger partial charge in [0.15, 0.2) is 5.16 Å². The molecule has 1 atom stereocenters. The number of nitrogens with zero attached hydrogens (tertiary/aromatic N) is 3. The van der Waals surface area contributed by atoms with Gasteiger partial charge in [-0.3, -0.25) is 9.36 Å². The molecule has 1 unspecified atom stereocenters. The van der Waals surface area contributed by atoms with E-state index in [2.05, 4.69) is 15.5 Å². The molecule has 0 fully saturated rings. The number of nitrogens with one attached hydrogen (secondary N) is 1. The Hall–Kier alpha value is -2.31. The number of aryl methyl sites for hydroxylation is 3. The van der Waals surface area contributed by atoms with Crippen LogP contribution in [0.1, 0.15) is 23.6 Å². The Bertz CT molecular complexity index is 986. The Morgan fingerprint density at radius 1 is 1.15 bits per heavy atom.